The molecule has 1 aliphatic carbocycles. The summed E-state index contributed by atoms with van der Waals surface area (Å²) in [6, 6.07) is 12.1. The first kappa shape index (κ1) is 8.36. The second-order valence-corrected chi connectivity index (χ2v) is 3.97. The standard InChI is InChI=1S/C13H12N2/c14-9-4-5-10-8(6-9)7-12-11(10)2-1-3-13(12)15/h1-6H,7,14-15H2. The molecule has 3 rings (SSSR count). The molecule has 2 aromatic rings. The van der Waals surface area contributed by atoms with Crippen LogP contribution in [-0.2, 0) is 6.42 Å². The summed E-state index contributed by atoms with van der Waals surface area (Å²) in [4.78, 5) is 0. The van der Waals surface area contributed by atoms with Gasteiger partial charge in [0.1, 0.15) is 0 Å². The Morgan fingerprint density at radius 1 is 0.933 bits per heavy atom. The Hall–Kier alpha value is -1.96. The van der Waals surface area contributed by atoms with Gasteiger partial charge in [-0.05, 0) is 40.5 Å². The van der Waals surface area contributed by atoms with Crippen molar-refractivity contribution >= 4 is 11.4 Å². The molecule has 2 nitrogen and oxygen atoms in total. The van der Waals surface area contributed by atoms with Gasteiger partial charge in [0, 0.05) is 17.8 Å². The molecule has 0 saturated heterocycles. The summed E-state index contributed by atoms with van der Waals surface area (Å²) in [6.45, 7) is 0. The first-order chi connectivity index (χ1) is 7.25. The zero-order valence-corrected chi connectivity index (χ0v) is 8.33. The van der Waals surface area contributed by atoms with E-state index < -0.39 is 0 Å². The number of hydrogen-bond acceptors (Lipinski definition) is 2. The van der Waals surface area contributed by atoms with Crippen LogP contribution in [0.4, 0.5) is 11.4 Å². The zero-order chi connectivity index (χ0) is 10.4. The molecule has 2 aromatic carbocycles. The molecule has 0 fully saturated rings. The smallest absolute Gasteiger partial charge is 0.0356 e. The van der Waals surface area contributed by atoms with Crippen molar-refractivity contribution in [1.82, 2.24) is 0 Å². The SMILES string of the molecule is Nc1ccc2c(c1)Cc1c(N)cccc1-2. The Bertz CT molecular complexity index is 544. The van der Waals surface area contributed by atoms with Gasteiger partial charge in [-0.3, -0.25) is 0 Å². The van der Waals surface area contributed by atoms with Gasteiger partial charge in [0.25, 0.3) is 0 Å². The van der Waals surface area contributed by atoms with Crippen LogP contribution in [0.1, 0.15) is 11.1 Å². The molecule has 0 amide bonds. The molecule has 0 atom stereocenters. The van der Waals surface area contributed by atoms with E-state index in [1.807, 2.05) is 24.3 Å². The van der Waals surface area contributed by atoms with Gasteiger partial charge in [-0.1, -0.05) is 18.2 Å². The second-order valence-electron chi connectivity index (χ2n) is 3.97. The molecule has 0 unspecified atom stereocenters. The van der Waals surface area contributed by atoms with Gasteiger partial charge in [-0.15, -0.1) is 0 Å². The third-order valence-electron chi connectivity index (χ3n) is 3.00. The van der Waals surface area contributed by atoms with E-state index in [4.69, 9.17) is 11.5 Å². The van der Waals surface area contributed by atoms with E-state index in [2.05, 4.69) is 12.1 Å². The Morgan fingerprint density at radius 3 is 2.67 bits per heavy atom. The highest BCUT2D eigenvalue weighted by Crippen LogP contribution is 2.39. The monoisotopic (exact) mass is 196 g/mol. The van der Waals surface area contributed by atoms with Crippen molar-refractivity contribution in [1.29, 1.82) is 0 Å². The third kappa shape index (κ3) is 1.11. The summed E-state index contributed by atoms with van der Waals surface area (Å²) in [5.41, 5.74) is 18.5. The minimum Gasteiger partial charge on any atom is -0.399 e. The van der Waals surface area contributed by atoms with Crippen molar-refractivity contribution in [3.8, 4) is 11.1 Å². The van der Waals surface area contributed by atoms with E-state index in [9.17, 15) is 0 Å². The number of fused-ring (bicyclic) bond motifs is 3. The number of nitrogens with two attached hydrogens (primary N) is 2. The fourth-order valence-electron chi connectivity index (χ4n) is 2.27. The van der Waals surface area contributed by atoms with Crippen LogP contribution in [-0.4, -0.2) is 0 Å². The molecule has 4 N–H and O–H groups in total. The van der Waals surface area contributed by atoms with Crippen LogP contribution in [0.15, 0.2) is 36.4 Å². The highest BCUT2D eigenvalue weighted by Gasteiger charge is 2.19. The number of anilines is 2. The molecule has 0 bridgehead atoms. The van der Waals surface area contributed by atoms with E-state index in [0.717, 1.165) is 17.8 Å². The minimum atomic E-state index is 0.820. The Labute approximate surface area is 88.5 Å². The van der Waals surface area contributed by atoms with Crippen LogP contribution in [0.3, 0.4) is 0 Å². The molecule has 0 heterocycles. The molecule has 15 heavy (non-hydrogen) atoms. The van der Waals surface area contributed by atoms with E-state index in [1.165, 1.54) is 22.3 Å². The first-order valence-electron chi connectivity index (χ1n) is 5.02. The Kier molecular flexibility index (Phi) is 1.54. The Morgan fingerprint density at radius 2 is 1.80 bits per heavy atom. The topological polar surface area (TPSA) is 52.0 Å². The molecule has 0 spiro atoms. The van der Waals surface area contributed by atoms with Gasteiger partial charge in [-0.25, -0.2) is 0 Å². The van der Waals surface area contributed by atoms with Crippen LogP contribution in [0, 0.1) is 0 Å². The fourth-order valence-corrected chi connectivity index (χ4v) is 2.27. The summed E-state index contributed by atoms with van der Waals surface area (Å²) >= 11 is 0. The van der Waals surface area contributed by atoms with Crippen LogP contribution in [0.25, 0.3) is 11.1 Å². The van der Waals surface area contributed by atoms with Crippen molar-refractivity contribution in [2.75, 3.05) is 11.5 Å². The largest absolute Gasteiger partial charge is 0.399 e. The average Bonchev–Trinajstić information content (AvgIpc) is 2.57. The van der Waals surface area contributed by atoms with Crippen LogP contribution in [0.2, 0.25) is 0 Å². The molecular formula is C13H12N2. The maximum absolute atomic E-state index is 5.96. The lowest BCUT2D eigenvalue weighted by molar-refractivity contribution is 1.27. The van der Waals surface area contributed by atoms with Gasteiger partial charge < -0.3 is 11.5 Å². The van der Waals surface area contributed by atoms with E-state index >= 15 is 0 Å². The summed E-state index contributed by atoms with van der Waals surface area (Å²) in [7, 11) is 0. The number of nitrogen functional groups attached to an aromatic ring is 2. The molecule has 2 heteroatoms. The maximum atomic E-state index is 5.96. The van der Waals surface area contributed by atoms with E-state index in [1.54, 1.807) is 0 Å². The molecule has 74 valence electrons. The van der Waals surface area contributed by atoms with E-state index in [0.29, 0.717) is 0 Å². The number of rotatable bonds is 0. The lowest BCUT2D eigenvalue weighted by atomic mass is 10.1. The summed E-state index contributed by atoms with van der Waals surface area (Å²) < 4.78 is 0. The predicted octanol–water partition coefficient (Wildman–Crippen LogP) is 2.42. The third-order valence-corrected chi connectivity index (χ3v) is 3.00. The number of benzene rings is 2. The predicted molar refractivity (Wildman–Crippen MR) is 63.5 cm³/mol. The van der Waals surface area contributed by atoms with Crippen molar-refractivity contribution in [2.24, 2.45) is 0 Å². The van der Waals surface area contributed by atoms with Gasteiger partial charge in [0.2, 0.25) is 0 Å². The van der Waals surface area contributed by atoms with Crippen LogP contribution >= 0.6 is 0 Å². The minimum absolute atomic E-state index is 0.820. The van der Waals surface area contributed by atoms with Gasteiger partial charge in [-0.2, -0.15) is 0 Å². The molecular weight excluding hydrogens is 184 g/mol. The van der Waals surface area contributed by atoms with Crippen molar-refractivity contribution in [3.63, 3.8) is 0 Å². The van der Waals surface area contributed by atoms with Gasteiger partial charge in [0.15, 0.2) is 0 Å². The van der Waals surface area contributed by atoms with Crippen molar-refractivity contribution in [3.05, 3.63) is 47.5 Å². The lowest BCUT2D eigenvalue weighted by Gasteiger charge is -2.02. The molecule has 0 aromatic heterocycles. The highest BCUT2D eigenvalue weighted by molar-refractivity contribution is 5.82. The average molecular weight is 196 g/mol. The van der Waals surface area contributed by atoms with Gasteiger partial charge in [0.05, 0.1) is 0 Å². The van der Waals surface area contributed by atoms with E-state index in [-0.39, 0.29) is 0 Å². The lowest BCUT2D eigenvalue weighted by Crippen LogP contribution is -1.91. The van der Waals surface area contributed by atoms with Gasteiger partial charge >= 0.3 is 0 Å². The summed E-state index contributed by atoms with van der Waals surface area (Å²) in [5, 5.41) is 0. The maximum Gasteiger partial charge on any atom is 0.0356 e. The molecule has 0 radical (unpaired) electrons. The second kappa shape index (κ2) is 2.76. The molecule has 0 aliphatic heterocycles. The quantitative estimate of drug-likeness (QED) is 0.542. The number of hydrogen-bond donors (Lipinski definition) is 2. The molecule has 1 aliphatic rings. The summed E-state index contributed by atoms with van der Waals surface area (Å²) in [5.74, 6) is 0. The summed E-state index contributed by atoms with van der Waals surface area (Å²) in [6.07, 6.45) is 0.905. The fraction of sp³-hybridized carbons (Fsp3) is 0.0769. The van der Waals surface area contributed by atoms with Crippen LogP contribution in [0.5, 0.6) is 0 Å². The normalized spacial score (nSPS) is 12.3. The first-order valence-corrected chi connectivity index (χ1v) is 5.02. The Balaban J connectivity index is 2.28. The zero-order valence-electron chi connectivity index (χ0n) is 8.33. The highest BCUT2D eigenvalue weighted by atomic mass is 14.6. The van der Waals surface area contributed by atoms with Crippen molar-refractivity contribution in [2.45, 2.75) is 6.42 Å². The molecule has 0 saturated carbocycles. The van der Waals surface area contributed by atoms with Crippen molar-refractivity contribution < 1.29 is 0 Å². The van der Waals surface area contributed by atoms with Crippen LogP contribution < -0.4 is 11.5 Å².